The largest absolute Gasteiger partial charge is 0.508 e. The Morgan fingerprint density at radius 3 is 2.37 bits per heavy atom. The Morgan fingerprint density at radius 2 is 1.74 bits per heavy atom. The molecule has 0 fully saturated rings. The molecule has 0 radical (unpaired) electrons. The van der Waals surface area contributed by atoms with E-state index in [9.17, 15) is 4.79 Å². The average Bonchev–Trinajstić information content (AvgIpc) is 2.37. The lowest BCUT2D eigenvalue weighted by atomic mass is 10.1. The summed E-state index contributed by atoms with van der Waals surface area (Å²) in [6.07, 6.45) is 3.09. The maximum Gasteiger partial charge on any atom is 0.187 e. The van der Waals surface area contributed by atoms with Crippen molar-refractivity contribution in [2.45, 2.75) is 0 Å². The maximum atomic E-state index is 12.0. The summed E-state index contributed by atoms with van der Waals surface area (Å²) in [7, 11) is 0. The minimum absolute atomic E-state index is 0.184. The molecular formula is C15H10Cl2O2. The van der Waals surface area contributed by atoms with Crippen LogP contribution in [0.3, 0.4) is 0 Å². The molecule has 0 saturated carbocycles. The van der Waals surface area contributed by atoms with Crippen molar-refractivity contribution in [2.24, 2.45) is 0 Å². The van der Waals surface area contributed by atoms with Crippen molar-refractivity contribution in [3.8, 4) is 5.75 Å². The third-order valence-corrected chi connectivity index (χ3v) is 3.06. The number of ketones is 1. The van der Waals surface area contributed by atoms with Crippen LogP contribution in [-0.4, -0.2) is 10.9 Å². The van der Waals surface area contributed by atoms with Gasteiger partial charge in [0.05, 0.1) is 5.02 Å². The average molecular weight is 293 g/mol. The van der Waals surface area contributed by atoms with Crippen LogP contribution < -0.4 is 0 Å². The van der Waals surface area contributed by atoms with Crippen molar-refractivity contribution in [1.29, 1.82) is 0 Å². The molecule has 0 saturated heterocycles. The molecule has 1 N–H and O–H groups in total. The number of rotatable bonds is 3. The van der Waals surface area contributed by atoms with Crippen LogP contribution in [0.15, 0.2) is 48.5 Å². The molecule has 0 bridgehead atoms. The number of phenols is 1. The minimum Gasteiger partial charge on any atom is -0.508 e. The Bertz CT molecular complexity index is 631. The summed E-state index contributed by atoms with van der Waals surface area (Å²) in [5.41, 5.74) is 1.22. The SMILES string of the molecule is O=C(/C=C/c1ccc(O)cc1)c1ccc(Cl)cc1Cl. The van der Waals surface area contributed by atoms with E-state index in [4.69, 9.17) is 28.3 Å². The second kappa shape index (κ2) is 5.91. The monoisotopic (exact) mass is 292 g/mol. The molecule has 0 atom stereocenters. The van der Waals surface area contributed by atoms with Gasteiger partial charge in [0.15, 0.2) is 5.78 Å². The fraction of sp³-hybridized carbons (Fsp3) is 0. The molecule has 0 aromatic heterocycles. The maximum absolute atomic E-state index is 12.0. The zero-order valence-corrected chi connectivity index (χ0v) is 11.3. The first-order chi connectivity index (χ1) is 9.06. The summed E-state index contributed by atoms with van der Waals surface area (Å²) in [5.74, 6) is -0.0148. The van der Waals surface area contributed by atoms with Gasteiger partial charge in [0.25, 0.3) is 0 Å². The van der Waals surface area contributed by atoms with Crippen LogP contribution in [0.2, 0.25) is 10.0 Å². The topological polar surface area (TPSA) is 37.3 Å². The van der Waals surface area contributed by atoms with Gasteiger partial charge >= 0.3 is 0 Å². The summed E-state index contributed by atoms with van der Waals surface area (Å²) in [4.78, 5) is 12.0. The zero-order valence-electron chi connectivity index (χ0n) is 9.81. The molecule has 96 valence electrons. The number of aromatic hydroxyl groups is 1. The summed E-state index contributed by atoms with van der Waals surface area (Å²) < 4.78 is 0. The smallest absolute Gasteiger partial charge is 0.187 e. The highest BCUT2D eigenvalue weighted by Gasteiger charge is 2.07. The van der Waals surface area contributed by atoms with Crippen LogP contribution in [0.1, 0.15) is 15.9 Å². The molecule has 19 heavy (non-hydrogen) atoms. The van der Waals surface area contributed by atoms with Gasteiger partial charge in [-0.3, -0.25) is 4.79 Å². The standard InChI is InChI=1S/C15H10Cl2O2/c16-11-4-7-13(14(17)9-11)15(19)8-3-10-1-5-12(18)6-2-10/h1-9,18H/b8-3+. The van der Waals surface area contributed by atoms with Crippen LogP contribution in [0.5, 0.6) is 5.75 Å². The van der Waals surface area contributed by atoms with Crippen molar-refractivity contribution >= 4 is 35.1 Å². The van der Waals surface area contributed by atoms with Crippen molar-refractivity contribution in [2.75, 3.05) is 0 Å². The number of carbonyl (C=O) groups is 1. The molecule has 4 heteroatoms. The molecular weight excluding hydrogens is 283 g/mol. The molecule has 0 aliphatic rings. The number of carbonyl (C=O) groups excluding carboxylic acids is 1. The molecule has 0 unspecified atom stereocenters. The quantitative estimate of drug-likeness (QED) is 0.663. The number of allylic oxidation sites excluding steroid dienone is 1. The van der Waals surface area contributed by atoms with Gasteiger partial charge in [-0.1, -0.05) is 41.4 Å². The number of hydrogen-bond donors (Lipinski definition) is 1. The Balaban J connectivity index is 2.18. The van der Waals surface area contributed by atoms with E-state index in [-0.39, 0.29) is 11.5 Å². The molecule has 2 aromatic carbocycles. The molecule has 2 nitrogen and oxygen atoms in total. The molecule has 0 aliphatic heterocycles. The number of benzene rings is 2. The van der Waals surface area contributed by atoms with Crippen molar-refractivity contribution in [3.05, 3.63) is 69.7 Å². The molecule has 0 spiro atoms. The van der Waals surface area contributed by atoms with Gasteiger partial charge in [-0.15, -0.1) is 0 Å². The third kappa shape index (κ3) is 3.60. The predicted octanol–water partition coefficient (Wildman–Crippen LogP) is 4.60. The van der Waals surface area contributed by atoms with E-state index in [1.165, 1.54) is 12.1 Å². The fourth-order valence-corrected chi connectivity index (χ4v) is 2.04. The Labute approximate surface area is 120 Å². The van der Waals surface area contributed by atoms with E-state index < -0.39 is 0 Å². The minimum atomic E-state index is -0.199. The second-order valence-electron chi connectivity index (χ2n) is 3.91. The van der Waals surface area contributed by atoms with E-state index in [1.54, 1.807) is 42.5 Å². The molecule has 0 amide bonds. The number of phenolic OH excluding ortho intramolecular Hbond substituents is 1. The van der Waals surface area contributed by atoms with Crippen LogP contribution in [0, 0.1) is 0 Å². The summed E-state index contributed by atoms with van der Waals surface area (Å²) in [6, 6.07) is 11.3. The summed E-state index contributed by atoms with van der Waals surface area (Å²) >= 11 is 11.7. The third-order valence-electron chi connectivity index (χ3n) is 2.52. The first-order valence-corrected chi connectivity index (χ1v) is 6.28. The van der Waals surface area contributed by atoms with Gasteiger partial charge in [0.1, 0.15) is 5.75 Å². The highest BCUT2D eigenvalue weighted by Crippen LogP contribution is 2.22. The van der Waals surface area contributed by atoms with Crippen LogP contribution in [0.4, 0.5) is 0 Å². The van der Waals surface area contributed by atoms with Gasteiger partial charge in [-0.2, -0.15) is 0 Å². The van der Waals surface area contributed by atoms with Crippen molar-refractivity contribution < 1.29 is 9.90 Å². The highest BCUT2D eigenvalue weighted by molar-refractivity contribution is 6.37. The molecule has 0 heterocycles. The lowest BCUT2D eigenvalue weighted by Gasteiger charge is -2.00. The fourth-order valence-electron chi connectivity index (χ4n) is 1.54. The van der Waals surface area contributed by atoms with Gasteiger partial charge in [0, 0.05) is 10.6 Å². The van der Waals surface area contributed by atoms with E-state index in [0.29, 0.717) is 15.6 Å². The van der Waals surface area contributed by atoms with Crippen LogP contribution in [0.25, 0.3) is 6.08 Å². The number of hydrogen-bond acceptors (Lipinski definition) is 2. The lowest BCUT2D eigenvalue weighted by molar-refractivity contribution is 0.104. The van der Waals surface area contributed by atoms with Gasteiger partial charge in [-0.25, -0.2) is 0 Å². The Hall–Kier alpha value is -1.77. The number of halogens is 2. The Kier molecular flexibility index (Phi) is 4.25. The van der Waals surface area contributed by atoms with E-state index in [1.807, 2.05) is 0 Å². The van der Waals surface area contributed by atoms with E-state index >= 15 is 0 Å². The van der Waals surface area contributed by atoms with E-state index in [2.05, 4.69) is 0 Å². The zero-order chi connectivity index (χ0) is 13.8. The van der Waals surface area contributed by atoms with Gasteiger partial charge < -0.3 is 5.11 Å². The summed E-state index contributed by atoms with van der Waals surface area (Å²) in [6.45, 7) is 0. The van der Waals surface area contributed by atoms with Crippen LogP contribution in [-0.2, 0) is 0 Å². The van der Waals surface area contributed by atoms with Gasteiger partial charge in [0.2, 0.25) is 0 Å². The van der Waals surface area contributed by atoms with Crippen molar-refractivity contribution in [1.82, 2.24) is 0 Å². The molecule has 2 rings (SSSR count). The Morgan fingerprint density at radius 1 is 1.05 bits per heavy atom. The first-order valence-electron chi connectivity index (χ1n) is 5.53. The lowest BCUT2D eigenvalue weighted by Crippen LogP contribution is -1.95. The summed E-state index contributed by atoms with van der Waals surface area (Å²) in [5, 5.41) is 9.97. The molecule has 2 aromatic rings. The molecule has 0 aliphatic carbocycles. The second-order valence-corrected chi connectivity index (χ2v) is 4.76. The van der Waals surface area contributed by atoms with Gasteiger partial charge in [-0.05, 0) is 42.0 Å². The van der Waals surface area contributed by atoms with Crippen molar-refractivity contribution in [3.63, 3.8) is 0 Å². The highest BCUT2D eigenvalue weighted by atomic mass is 35.5. The van der Waals surface area contributed by atoms with E-state index in [0.717, 1.165) is 5.56 Å². The normalized spacial score (nSPS) is 10.8. The van der Waals surface area contributed by atoms with Crippen LogP contribution >= 0.6 is 23.2 Å². The first kappa shape index (κ1) is 13.7. The predicted molar refractivity (Wildman–Crippen MR) is 77.9 cm³/mol.